The highest BCUT2D eigenvalue weighted by Crippen LogP contribution is 2.25. The van der Waals surface area contributed by atoms with Gasteiger partial charge >= 0.3 is 0 Å². The van der Waals surface area contributed by atoms with Gasteiger partial charge in [-0.05, 0) is 39.4 Å². The lowest BCUT2D eigenvalue weighted by Gasteiger charge is -2.33. The lowest BCUT2D eigenvalue weighted by Crippen LogP contribution is -2.42. The van der Waals surface area contributed by atoms with Crippen LogP contribution in [-0.2, 0) is 0 Å². The smallest absolute Gasteiger partial charge is 0.127 e. The topological polar surface area (TPSA) is 35.5 Å². The Hall–Kier alpha value is -0.970. The molecule has 0 radical (unpaired) electrons. The van der Waals surface area contributed by atoms with Gasteiger partial charge in [0.2, 0.25) is 0 Å². The van der Waals surface area contributed by atoms with Gasteiger partial charge in [0.1, 0.15) is 5.82 Å². The second-order valence-corrected chi connectivity index (χ2v) is 6.41. The van der Waals surface area contributed by atoms with Gasteiger partial charge in [-0.2, -0.15) is 0 Å². The average molecular weight is 296 g/mol. The Bertz CT molecular complexity index is 431. The number of nitrogens with zero attached hydrogens (tertiary/aromatic N) is 1. The molecule has 1 rings (SSSR count). The summed E-state index contributed by atoms with van der Waals surface area (Å²) in [5.41, 5.74) is -0.0186. The molecule has 0 fully saturated rings. The van der Waals surface area contributed by atoms with Gasteiger partial charge in [0.25, 0.3) is 0 Å². The van der Waals surface area contributed by atoms with Gasteiger partial charge in [-0.25, -0.2) is 4.39 Å². The van der Waals surface area contributed by atoms with E-state index >= 15 is 0 Å². The Morgan fingerprint density at radius 2 is 1.95 bits per heavy atom. The van der Waals surface area contributed by atoms with Crippen LogP contribution in [0.1, 0.15) is 39.3 Å². The molecular weight excluding hydrogens is 267 g/mol. The first-order chi connectivity index (χ1) is 9.78. The van der Waals surface area contributed by atoms with Crippen LogP contribution in [-0.4, -0.2) is 42.3 Å². The van der Waals surface area contributed by atoms with Gasteiger partial charge in [0.15, 0.2) is 0 Å². The van der Waals surface area contributed by atoms with Gasteiger partial charge in [0, 0.05) is 24.7 Å². The van der Waals surface area contributed by atoms with Crippen LogP contribution in [0.15, 0.2) is 24.3 Å². The SMILES string of the molecule is CCN(CC(C)C(NC)c1ccccc1F)CC(C)(C)O. The number of likely N-dealkylation sites (N-methyl/N-ethyl adjacent to an activating group) is 1. The Labute approximate surface area is 128 Å². The summed E-state index contributed by atoms with van der Waals surface area (Å²) in [5, 5.41) is 13.2. The molecule has 0 aliphatic carbocycles. The molecule has 2 unspecified atom stereocenters. The van der Waals surface area contributed by atoms with Crippen molar-refractivity contribution in [3.8, 4) is 0 Å². The van der Waals surface area contributed by atoms with Crippen LogP contribution in [0.3, 0.4) is 0 Å². The van der Waals surface area contributed by atoms with Crippen molar-refractivity contribution in [2.45, 2.75) is 39.3 Å². The summed E-state index contributed by atoms with van der Waals surface area (Å²) in [6.45, 7) is 10.1. The molecular formula is C17H29FN2O. The summed E-state index contributed by atoms with van der Waals surface area (Å²) in [6.07, 6.45) is 0. The maximum atomic E-state index is 14.0. The normalized spacial score (nSPS) is 15.2. The van der Waals surface area contributed by atoms with Crippen LogP contribution in [0.4, 0.5) is 4.39 Å². The largest absolute Gasteiger partial charge is 0.389 e. The summed E-state index contributed by atoms with van der Waals surface area (Å²) in [6, 6.07) is 6.87. The predicted molar refractivity (Wildman–Crippen MR) is 85.8 cm³/mol. The quantitative estimate of drug-likeness (QED) is 0.774. The van der Waals surface area contributed by atoms with Gasteiger partial charge in [0.05, 0.1) is 5.60 Å². The van der Waals surface area contributed by atoms with Gasteiger partial charge in [-0.1, -0.05) is 32.0 Å². The van der Waals surface area contributed by atoms with E-state index < -0.39 is 5.60 Å². The van der Waals surface area contributed by atoms with E-state index in [9.17, 15) is 9.50 Å². The third-order valence-electron chi connectivity index (χ3n) is 3.72. The van der Waals surface area contributed by atoms with E-state index in [1.54, 1.807) is 6.07 Å². The number of hydrogen-bond donors (Lipinski definition) is 2. The summed E-state index contributed by atoms with van der Waals surface area (Å²) < 4.78 is 14.0. The minimum atomic E-state index is -0.719. The number of benzene rings is 1. The monoisotopic (exact) mass is 296 g/mol. The van der Waals surface area contributed by atoms with Crippen LogP contribution in [0.2, 0.25) is 0 Å². The highest BCUT2D eigenvalue weighted by atomic mass is 19.1. The molecule has 2 atom stereocenters. The standard InChI is InChI=1S/C17H29FN2O/c1-6-20(12-17(3,4)21)11-13(2)16(19-5)14-9-7-8-10-15(14)18/h7-10,13,16,19,21H,6,11-12H2,1-5H3. The van der Waals surface area contributed by atoms with Crippen molar-refractivity contribution in [3.05, 3.63) is 35.6 Å². The predicted octanol–water partition coefficient (Wildman–Crippen LogP) is 2.82. The van der Waals surface area contributed by atoms with Crippen LogP contribution < -0.4 is 5.32 Å². The van der Waals surface area contributed by atoms with Crippen molar-refractivity contribution < 1.29 is 9.50 Å². The Balaban J connectivity index is 2.79. The number of aliphatic hydroxyl groups is 1. The Morgan fingerprint density at radius 1 is 1.33 bits per heavy atom. The molecule has 0 heterocycles. The van der Waals surface area contributed by atoms with Gasteiger partial charge in [-0.15, -0.1) is 0 Å². The molecule has 120 valence electrons. The van der Waals surface area contributed by atoms with E-state index in [-0.39, 0.29) is 17.8 Å². The maximum absolute atomic E-state index is 14.0. The summed E-state index contributed by atoms with van der Waals surface area (Å²) >= 11 is 0. The van der Waals surface area contributed by atoms with Crippen LogP contribution in [0.25, 0.3) is 0 Å². The molecule has 21 heavy (non-hydrogen) atoms. The fourth-order valence-corrected chi connectivity index (χ4v) is 2.84. The van der Waals surface area contributed by atoms with Crippen molar-refractivity contribution in [2.24, 2.45) is 5.92 Å². The van der Waals surface area contributed by atoms with Gasteiger partial charge < -0.3 is 15.3 Å². The van der Waals surface area contributed by atoms with Crippen molar-refractivity contribution in [1.82, 2.24) is 10.2 Å². The molecule has 4 heteroatoms. The van der Waals surface area contributed by atoms with Crippen molar-refractivity contribution in [3.63, 3.8) is 0 Å². The molecule has 2 N–H and O–H groups in total. The highest BCUT2D eigenvalue weighted by Gasteiger charge is 2.24. The summed E-state index contributed by atoms with van der Waals surface area (Å²) in [7, 11) is 1.86. The number of halogens is 1. The zero-order valence-electron chi connectivity index (χ0n) is 13.9. The van der Waals surface area contributed by atoms with E-state index in [1.807, 2.05) is 33.0 Å². The highest BCUT2D eigenvalue weighted by molar-refractivity contribution is 5.21. The molecule has 0 bridgehead atoms. The maximum Gasteiger partial charge on any atom is 0.127 e. The molecule has 0 aliphatic heterocycles. The van der Waals surface area contributed by atoms with E-state index in [1.165, 1.54) is 6.07 Å². The zero-order valence-corrected chi connectivity index (χ0v) is 13.9. The summed E-state index contributed by atoms with van der Waals surface area (Å²) in [5.74, 6) is 0.0587. The van der Waals surface area contributed by atoms with E-state index in [0.717, 1.165) is 13.1 Å². The first-order valence-electron chi connectivity index (χ1n) is 7.65. The van der Waals surface area contributed by atoms with E-state index in [4.69, 9.17) is 0 Å². The zero-order chi connectivity index (χ0) is 16.0. The minimum Gasteiger partial charge on any atom is -0.389 e. The lowest BCUT2D eigenvalue weighted by atomic mass is 9.93. The van der Waals surface area contributed by atoms with Crippen LogP contribution in [0.5, 0.6) is 0 Å². The van der Waals surface area contributed by atoms with E-state index in [2.05, 4.69) is 24.1 Å². The molecule has 0 saturated carbocycles. The minimum absolute atomic E-state index is 0.0398. The van der Waals surface area contributed by atoms with Crippen LogP contribution in [0, 0.1) is 11.7 Å². The third-order valence-corrected chi connectivity index (χ3v) is 3.72. The van der Waals surface area contributed by atoms with E-state index in [0.29, 0.717) is 12.1 Å². The number of rotatable bonds is 8. The third kappa shape index (κ3) is 5.73. The van der Waals surface area contributed by atoms with Crippen molar-refractivity contribution in [2.75, 3.05) is 26.7 Å². The average Bonchev–Trinajstić information content (AvgIpc) is 2.39. The lowest BCUT2D eigenvalue weighted by molar-refractivity contribution is 0.0317. The molecule has 3 nitrogen and oxygen atoms in total. The fourth-order valence-electron chi connectivity index (χ4n) is 2.84. The second kappa shape index (κ2) is 7.87. The number of nitrogens with one attached hydrogen (secondary N) is 1. The molecule has 0 aromatic heterocycles. The van der Waals surface area contributed by atoms with Gasteiger partial charge in [-0.3, -0.25) is 0 Å². The fraction of sp³-hybridized carbons (Fsp3) is 0.647. The molecule has 1 aromatic carbocycles. The first-order valence-corrected chi connectivity index (χ1v) is 7.65. The Morgan fingerprint density at radius 3 is 2.43 bits per heavy atom. The molecule has 0 saturated heterocycles. The molecule has 1 aromatic rings. The second-order valence-electron chi connectivity index (χ2n) is 6.41. The molecule has 0 aliphatic rings. The first kappa shape index (κ1) is 18.1. The summed E-state index contributed by atoms with van der Waals surface area (Å²) in [4.78, 5) is 2.20. The van der Waals surface area contributed by atoms with Crippen molar-refractivity contribution >= 4 is 0 Å². The van der Waals surface area contributed by atoms with Crippen molar-refractivity contribution in [1.29, 1.82) is 0 Å². The Kier molecular flexibility index (Phi) is 6.78. The molecule has 0 spiro atoms. The number of hydrogen-bond acceptors (Lipinski definition) is 3. The van der Waals surface area contributed by atoms with Crippen LogP contribution >= 0.6 is 0 Å². The molecule has 0 amide bonds.